The van der Waals surface area contributed by atoms with E-state index in [1.807, 2.05) is 60.4 Å². The Morgan fingerprint density at radius 3 is 2.70 bits per heavy atom. The summed E-state index contributed by atoms with van der Waals surface area (Å²) in [5, 5.41) is 1.96. The van der Waals surface area contributed by atoms with Crippen LogP contribution in [0.25, 0.3) is 21.1 Å². The van der Waals surface area contributed by atoms with E-state index in [1.165, 1.54) is 4.70 Å². The number of carbonyl (C=O) groups is 1. The van der Waals surface area contributed by atoms with E-state index in [2.05, 4.69) is 11.1 Å². The molecule has 2 aromatic carbocycles. The van der Waals surface area contributed by atoms with Crippen LogP contribution < -0.4 is 0 Å². The van der Waals surface area contributed by atoms with Gasteiger partial charge in [0.05, 0.1) is 27.3 Å². The molecule has 1 aliphatic heterocycles. The third-order valence-corrected chi connectivity index (χ3v) is 6.32. The SMILES string of the molecule is Cc1cc(C(=O)N2CCCC2c2nc3ccccc3s2)c2ccccc2n1. The summed E-state index contributed by atoms with van der Waals surface area (Å²) in [6.07, 6.45) is 1.97. The van der Waals surface area contributed by atoms with Crippen molar-refractivity contribution in [1.29, 1.82) is 0 Å². The number of fused-ring (bicyclic) bond motifs is 2. The zero-order valence-corrected chi connectivity index (χ0v) is 15.9. The number of thiazole rings is 1. The Balaban J connectivity index is 1.56. The van der Waals surface area contributed by atoms with Crippen LogP contribution in [-0.2, 0) is 0 Å². The maximum absolute atomic E-state index is 13.5. The molecule has 1 amide bonds. The van der Waals surface area contributed by atoms with E-state index in [1.54, 1.807) is 11.3 Å². The fourth-order valence-corrected chi connectivity index (χ4v) is 5.05. The van der Waals surface area contributed by atoms with E-state index in [0.29, 0.717) is 0 Å². The van der Waals surface area contributed by atoms with Crippen molar-refractivity contribution in [2.75, 3.05) is 6.54 Å². The number of rotatable bonds is 2. The van der Waals surface area contributed by atoms with Crippen LogP contribution in [0, 0.1) is 6.92 Å². The van der Waals surface area contributed by atoms with Crippen LogP contribution in [-0.4, -0.2) is 27.3 Å². The molecule has 0 bridgehead atoms. The Hall–Kier alpha value is -2.79. The predicted octanol–water partition coefficient (Wildman–Crippen LogP) is 5.13. The van der Waals surface area contributed by atoms with Crippen molar-refractivity contribution in [2.24, 2.45) is 0 Å². The van der Waals surface area contributed by atoms with E-state index in [0.717, 1.165) is 52.1 Å². The maximum Gasteiger partial charge on any atom is 0.255 e. The van der Waals surface area contributed by atoms with Crippen LogP contribution >= 0.6 is 11.3 Å². The molecule has 2 aromatic heterocycles. The van der Waals surface area contributed by atoms with E-state index < -0.39 is 0 Å². The molecule has 5 rings (SSSR count). The molecule has 134 valence electrons. The van der Waals surface area contributed by atoms with Gasteiger partial charge in [0.1, 0.15) is 5.01 Å². The lowest BCUT2D eigenvalue weighted by Crippen LogP contribution is -2.30. The molecule has 0 spiro atoms. The van der Waals surface area contributed by atoms with Crippen molar-refractivity contribution in [3.05, 3.63) is 70.9 Å². The molecule has 1 unspecified atom stereocenters. The van der Waals surface area contributed by atoms with E-state index >= 15 is 0 Å². The second-order valence-electron chi connectivity index (χ2n) is 7.00. The molecule has 0 radical (unpaired) electrons. The highest BCUT2D eigenvalue weighted by Crippen LogP contribution is 2.37. The van der Waals surface area contributed by atoms with Gasteiger partial charge in [-0.3, -0.25) is 9.78 Å². The topological polar surface area (TPSA) is 46.1 Å². The first-order valence-corrected chi connectivity index (χ1v) is 10.1. The minimum atomic E-state index is 0.0575. The van der Waals surface area contributed by atoms with Gasteiger partial charge in [0.25, 0.3) is 5.91 Å². The van der Waals surface area contributed by atoms with Crippen LogP contribution in [0.5, 0.6) is 0 Å². The first-order chi connectivity index (χ1) is 13.2. The monoisotopic (exact) mass is 373 g/mol. The molecule has 4 aromatic rings. The van der Waals surface area contributed by atoms with Crippen molar-refractivity contribution in [1.82, 2.24) is 14.9 Å². The zero-order chi connectivity index (χ0) is 18.4. The van der Waals surface area contributed by atoms with Crippen molar-refractivity contribution >= 4 is 38.4 Å². The van der Waals surface area contributed by atoms with Gasteiger partial charge in [0, 0.05) is 17.6 Å². The fraction of sp³-hybridized carbons (Fsp3) is 0.227. The Morgan fingerprint density at radius 1 is 1.07 bits per heavy atom. The zero-order valence-electron chi connectivity index (χ0n) is 15.1. The average Bonchev–Trinajstić information content (AvgIpc) is 3.33. The summed E-state index contributed by atoms with van der Waals surface area (Å²) in [6.45, 7) is 2.72. The van der Waals surface area contributed by atoms with E-state index in [4.69, 9.17) is 4.98 Å². The number of nitrogens with zero attached hydrogens (tertiary/aromatic N) is 3. The molecule has 4 nitrogen and oxygen atoms in total. The van der Waals surface area contributed by atoms with Crippen LogP contribution in [0.15, 0.2) is 54.6 Å². The smallest absolute Gasteiger partial charge is 0.255 e. The number of hydrogen-bond donors (Lipinski definition) is 0. The number of likely N-dealkylation sites (tertiary alicyclic amines) is 1. The fourth-order valence-electron chi connectivity index (χ4n) is 3.94. The second kappa shape index (κ2) is 6.43. The predicted molar refractivity (Wildman–Crippen MR) is 109 cm³/mol. The third-order valence-electron chi connectivity index (χ3n) is 5.18. The first-order valence-electron chi connectivity index (χ1n) is 9.23. The summed E-state index contributed by atoms with van der Waals surface area (Å²) in [5.74, 6) is 0.0819. The van der Waals surface area contributed by atoms with Crippen molar-refractivity contribution in [3.63, 3.8) is 0 Å². The average molecular weight is 373 g/mol. The summed E-state index contributed by atoms with van der Waals surface area (Å²) in [6, 6.07) is 18.0. The van der Waals surface area contributed by atoms with Crippen molar-refractivity contribution in [3.8, 4) is 0 Å². The van der Waals surface area contributed by atoms with Gasteiger partial charge in [-0.25, -0.2) is 4.98 Å². The number of para-hydroxylation sites is 2. The number of benzene rings is 2. The molecule has 5 heteroatoms. The number of aromatic nitrogens is 2. The molecule has 1 aliphatic rings. The Morgan fingerprint density at radius 2 is 1.85 bits per heavy atom. The quantitative estimate of drug-likeness (QED) is 0.489. The number of amides is 1. The summed E-state index contributed by atoms with van der Waals surface area (Å²) < 4.78 is 1.18. The van der Waals surface area contributed by atoms with E-state index in [9.17, 15) is 4.79 Å². The molecule has 0 saturated carbocycles. The summed E-state index contributed by atoms with van der Waals surface area (Å²) >= 11 is 1.70. The van der Waals surface area contributed by atoms with Gasteiger partial charge < -0.3 is 4.90 Å². The maximum atomic E-state index is 13.5. The lowest BCUT2D eigenvalue weighted by Gasteiger charge is -2.24. The molecule has 27 heavy (non-hydrogen) atoms. The number of aryl methyl sites for hydroxylation is 1. The Bertz CT molecular complexity index is 1130. The molecule has 0 N–H and O–H groups in total. The standard InChI is InChI=1S/C22H19N3OS/c1-14-13-16(15-7-2-3-8-17(15)23-14)22(26)25-12-6-10-19(25)21-24-18-9-4-5-11-20(18)27-21/h2-5,7-9,11,13,19H,6,10,12H2,1H3. The largest absolute Gasteiger partial charge is 0.329 e. The minimum absolute atomic E-state index is 0.0575. The van der Waals surface area contributed by atoms with Gasteiger partial charge >= 0.3 is 0 Å². The molecule has 0 aliphatic carbocycles. The molecular weight excluding hydrogens is 354 g/mol. The third kappa shape index (κ3) is 2.79. The Kier molecular flexibility index (Phi) is 3.90. The van der Waals surface area contributed by atoms with Crippen LogP contribution in [0.3, 0.4) is 0 Å². The summed E-state index contributed by atoms with van der Waals surface area (Å²) in [4.78, 5) is 24.9. The molecule has 1 saturated heterocycles. The molecule has 3 heterocycles. The minimum Gasteiger partial charge on any atom is -0.329 e. The molecular formula is C22H19N3OS. The van der Waals surface area contributed by atoms with Gasteiger partial charge in [-0.2, -0.15) is 0 Å². The molecule has 1 fully saturated rings. The van der Waals surface area contributed by atoms with Gasteiger partial charge in [-0.1, -0.05) is 30.3 Å². The van der Waals surface area contributed by atoms with Crippen molar-refractivity contribution < 1.29 is 4.79 Å². The molecule has 1 atom stereocenters. The Labute approximate surface area is 161 Å². The lowest BCUT2D eigenvalue weighted by molar-refractivity contribution is 0.0737. The van der Waals surface area contributed by atoms with Gasteiger partial charge in [-0.15, -0.1) is 11.3 Å². The van der Waals surface area contributed by atoms with E-state index in [-0.39, 0.29) is 11.9 Å². The number of hydrogen-bond acceptors (Lipinski definition) is 4. The normalized spacial score (nSPS) is 17.1. The number of pyridine rings is 1. The van der Waals surface area contributed by atoms with Gasteiger partial charge in [0.15, 0.2) is 0 Å². The van der Waals surface area contributed by atoms with Gasteiger partial charge in [-0.05, 0) is 44.0 Å². The second-order valence-corrected chi connectivity index (χ2v) is 8.07. The highest BCUT2D eigenvalue weighted by molar-refractivity contribution is 7.18. The first kappa shape index (κ1) is 16.4. The van der Waals surface area contributed by atoms with Gasteiger partial charge in [0.2, 0.25) is 0 Å². The highest BCUT2D eigenvalue weighted by atomic mass is 32.1. The van der Waals surface area contributed by atoms with Crippen LogP contribution in [0.1, 0.15) is 39.9 Å². The summed E-state index contributed by atoms with van der Waals surface area (Å²) in [7, 11) is 0. The highest BCUT2D eigenvalue weighted by Gasteiger charge is 2.33. The van der Waals surface area contributed by atoms with Crippen LogP contribution in [0.4, 0.5) is 0 Å². The van der Waals surface area contributed by atoms with Crippen molar-refractivity contribution in [2.45, 2.75) is 25.8 Å². The van der Waals surface area contributed by atoms with Crippen LogP contribution in [0.2, 0.25) is 0 Å². The lowest BCUT2D eigenvalue weighted by atomic mass is 10.1. The summed E-state index contributed by atoms with van der Waals surface area (Å²) in [5.41, 5.74) is 3.50. The number of carbonyl (C=O) groups excluding carboxylic acids is 1.